The molecule has 1 aromatic heterocycles. The van der Waals surface area contributed by atoms with Gasteiger partial charge >= 0.3 is 0 Å². The Balaban J connectivity index is 1.82. The number of hydrogen-bond donors (Lipinski definition) is 0. The zero-order chi connectivity index (χ0) is 17.4. The fourth-order valence-corrected chi connectivity index (χ4v) is 2.27. The van der Waals surface area contributed by atoms with Crippen LogP contribution in [0.2, 0.25) is 0 Å². The van der Waals surface area contributed by atoms with Gasteiger partial charge in [0.25, 0.3) is 0 Å². The molecule has 0 aliphatic heterocycles. The molecule has 0 radical (unpaired) electrons. The highest BCUT2D eigenvalue weighted by Gasteiger charge is 2.12. The molecule has 0 fully saturated rings. The number of benzene rings is 1. The van der Waals surface area contributed by atoms with Gasteiger partial charge in [0.05, 0.1) is 6.61 Å². The molecule has 0 aliphatic carbocycles. The number of hydrogen-bond acceptors (Lipinski definition) is 4. The highest BCUT2D eigenvalue weighted by atomic mass is 19.1. The SMILES string of the molecule is CCCCN(CC)C(=O)COCc1cc(-c2ccc(F)cc2)on1. The summed E-state index contributed by atoms with van der Waals surface area (Å²) < 4.78 is 23.6. The first-order chi connectivity index (χ1) is 11.6. The maximum atomic E-state index is 12.9. The normalized spacial score (nSPS) is 10.8. The van der Waals surface area contributed by atoms with Crippen LogP contribution in [0.3, 0.4) is 0 Å². The van der Waals surface area contributed by atoms with Crippen molar-refractivity contribution >= 4 is 5.91 Å². The van der Waals surface area contributed by atoms with Gasteiger partial charge in [0.15, 0.2) is 5.76 Å². The molecule has 1 amide bonds. The molecule has 0 saturated heterocycles. The maximum absolute atomic E-state index is 12.9. The Kier molecular flexibility index (Phi) is 6.93. The van der Waals surface area contributed by atoms with E-state index in [4.69, 9.17) is 9.26 Å². The van der Waals surface area contributed by atoms with E-state index in [1.807, 2.05) is 6.92 Å². The van der Waals surface area contributed by atoms with Gasteiger partial charge in [-0.1, -0.05) is 18.5 Å². The summed E-state index contributed by atoms with van der Waals surface area (Å²) in [5, 5.41) is 3.91. The predicted molar refractivity (Wildman–Crippen MR) is 88.7 cm³/mol. The minimum Gasteiger partial charge on any atom is -0.365 e. The first-order valence-corrected chi connectivity index (χ1v) is 8.21. The van der Waals surface area contributed by atoms with Crippen LogP contribution in [0.25, 0.3) is 11.3 Å². The number of aromatic nitrogens is 1. The van der Waals surface area contributed by atoms with Crippen LogP contribution in [0, 0.1) is 5.82 Å². The molecule has 0 atom stereocenters. The van der Waals surface area contributed by atoms with Crippen LogP contribution >= 0.6 is 0 Å². The molecule has 2 aromatic rings. The minimum absolute atomic E-state index is 0.0202. The molecular weight excluding hydrogens is 311 g/mol. The summed E-state index contributed by atoms with van der Waals surface area (Å²) >= 11 is 0. The van der Waals surface area contributed by atoms with Crippen molar-refractivity contribution in [2.24, 2.45) is 0 Å². The Morgan fingerprint density at radius 1 is 1.29 bits per heavy atom. The van der Waals surface area contributed by atoms with E-state index in [2.05, 4.69) is 12.1 Å². The fourth-order valence-electron chi connectivity index (χ4n) is 2.27. The van der Waals surface area contributed by atoms with Gasteiger partial charge < -0.3 is 14.2 Å². The summed E-state index contributed by atoms with van der Waals surface area (Å²) in [7, 11) is 0. The van der Waals surface area contributed by atoms with E-state index in [-0.39, 0.29) is 24.9 Å². The van der Waals surface area contributed by atoms with Gasteiger partial charge in [0.1, 0.15) is 18.1 Å². The Hall–Kier alpha value is -2.21. The van der Waals surface area contributed by atoms with Crippen LogP contribution in [0.4, 0.5) is 4.39 Å². The number of rotatable bonds is 9. The number of halogens is 1. The van der Waals surface area contributed by atoms with Crippen molar-refractivity contribution in [2.75, 3.05) is 19.7 Å². The molecule has 1 aromatic carbocycles. The third-order valence-electron chi connectivity index (χ3n) is 3.68. The molecule has 0 aliphatic rings. The second kappa shape index (κ2) is 9.17. The van der Waals surface area contributed by atoms with Gasteiger partial charge in [-0.2, -0.15) is 0 Å². The van der Waals surface area contributed by atoms with Crippen molar-refractivity contribution in [1.82, 2.24) is 10.1 Å². The van der Waals surface area contributed by atoms with Crippen molar-refractivity contribution in [3.8, 4) is 11.3 Å². The van der Waals surface area contributed by atoms with Gasteiger partial charge in [-0.3, -0.25) is 4.79 Å². The van der Waals surface area contributed by atoms with Crippen LogP contribution in [0.1, 0.15) is 32.4 Å². The summed E-state index contributed by atoms with van der Waals surface area (Å²) in [6.07, 6.45) is 2.04. The maximum Gasteiger partial charge on any atom is 0.248 e. The Labute approximate surface area is 141 Å². The molecule has 24 heavy (non-hydrogen) atoms. The van der Waals surface area contributed by atoms with Gasteiger partial charge in [0.2, 0.25) is 5.91 Å². The topological polar surface area (TPSA) is 55.6 Å². The molecule has 2 rings (SSSR count). The molecular formula is C18H23FN2O3. The van der Waals surface area contributed by atoms with Crippen LogP contribution in [0.5, 0.6) is 0 Å². The van der Waals surface area contributed by atoms with E-state index in [1.54, 1.807) is 23.1 Å². The third-order valence-corrected chi connectivity index (χ3v) is 3.68. The summed E-state index contributed by atoms with van der Waals surface area (Å²) in [5.41, 5.74) is 1.33. The van der Waals surface area contributed by atoms with Crippen molar-refractivity contribution < 1.29 is 18.4 Å². The van der Waals surface area contributed by atoms with E-state index in [9.17, 15) is 9.18 Å². The van der Waals surface area contributed by atoms with Gasteiger partial charge in [0, 0.05) is 24.7 Å². The Bertz CT molecular complexity index is 640. The zero-order valence-corrected chi connectivity index (χ0v) is 14.1. The summed E-state index contributed by atoms with van der Waals surface area (Å²) in [6.45, 7) is 5.71. The molecule has 130 valence electrons. The van der Waals surface area contributed by atoms with E-state index in [1.165, 1.54) is 12.1 Å². The molecule has 5 nitrogen and oxygen atoms in total. The summed E-state index contributed by atoms with van der Waals surface area (Å²) in [5.74, 6) is 0.218. The van der Waals surface area contributed by atoms with Crippen LogP contribution in [0.15, 0.2) is 34.9 Å². The van der Waals surface area contributed by atoms with Crippen LogP contribution < -0.4 is 0 Å². The number of likely N-dealkylation sites (N-methyl/N-ethyl adjacent to an activating group) is 1. The van der Waals surface area contributed by atoms with Gasteiger partial charge in [-0.05, 0) is 37.6 Å². The molecule has 0 bridgehead atoms. The molecule has 0 N–H and O–H groups in total. The molecule has 6 heteroatoms. The molecule has 0 unspecified atom stereocenters. The van der Waals surface area contributed by atoms with E-state index in [0.717, 1.165) is 24.9 Å². The lowest BCUT2D eigenvalue weighted by Crippen LogP contribution is -2.34. The second-order valence-electron chi connectivity index (χ2n) is 5.51. The van der Waals surface area contributed by atoms with E-state index in [0.29, 0.717) is 18.0 Å². The van der Waals surface area contributed by atoms with Crippen LogP contribution in [-0.4, -0.2) is 35.7 Å². The average molecular weight is 334 g/mol. The lowest BCUT2D eigenvalue weighted by Gasteiger charge is -2.20. The standard InChI is InChI=1S/C18H23FN2O3/c1-3-5-10-21(4-2)18(22)13-23-12-16-11-17(24-20-16)14-6-8-15(19)9-7-14/h6-9,11H,3-5,10,12-13H2,1-2H3. The predicted octanol–water partition coefficient (Wildman–Crippen LogP) is 3.65. The Morgan fingerprint density at radius 2 is 2.04 bits per heavy atom. The van der Waals surface area contributed by atoms with Crippen molar-refractivity contribution in [3.63, 3.8) is 0 Å². The summed E-state index contributed by atoms with van der Waals surface area (Å²) in [6, 6.07) is 7.70. The lowest BCUT2D eigenvalue weighted by atomic mass is 10.1. The lowest BCUT2D eigenvalue weighted by molar-refractivity contribution is -0.136. The van der Waals surface area contributed by atoms with E-state index < -0.39 is 0 Å². The van der Waals surface area contributed by atoms with Crippen LogP contribution in [-0.2, 0) is 16.1 Å². The quantitative estimate of drug-likeness (QED) is 0.702. The van der Waals surface area contributed by atoms with Crippen molar-refractivity contribution in [3.05, 3.63) is 41.8 Å². The third kappa shape index (κ3) is 5.16. The second-order valence-corrected chi connectivity index (χ2v) is 5.51. The number of ether oxygens (including phenoxy) is 1. The highest BCUT2D eigenvalue weighted by Crippen LogP contribution is 2.20. The number of unbranched alkanes of at least 4 members (excludes halogenated alkanes) is 1. The Morgan fingerprint density at radius 3 is 2.71 bits per heavy atom. The number of carbonyl (C=O) groups is 1. The number of carbonyl (C=O) groups excluding carboxylic acids is 1. The van der Waals surface area contributed by atoms with Crippen molar-refractivity contribution in [2.45, 2.75) is 33.3 Å². The first-order valence-electron chi connectivity index (χ1n) is 8.21. The van der Waals surface area contributed by atoms with Crippen molar-refractivity contribution in [1.29, 1.82) is 0 Å². The molecule has 1 heterocycles. The summed E-state index contributed by atoms with van der Waals surface area (Å²) in [4.78, 5) is 13.8. The zero-order valence-electron chi connectivity index (χ0n) is 14.1. The van der Waals surface area contributed by atoms with Gasteiger partial charge in [-0.15, -0.1) is 0 Å². The molecule has 0 saturated carbocycles. The monoisotopic (exact) mass is 334 g/mol. The van der Waals surface area contributed by atoms with E-state index >= 15 is 0 Å². The fraction of sp³-hybridized carbons (Fsp3) is 0.444. The smallest absolute Gasteiger partial charge is 0.248 e. The average Bonchev–Trinajstić information content (AvgIpc) is 3.05. The number of nitrogens with zero attached hydrogens (tertiary/aromatic N) is 2. The van der Waals surface area contributed by atoms with Gasteiger partial charge in [-0.25, -0.2) is 4.39 Å². The first kappa shape index (κ1) is 18.1. The molecule has 0 spiro atoms. The largest absolute Gasteiger partial charge is 0.365 e. The highest BCUT2D eigenvalue weighted by molar-refractivity contribution is 5.77. The minimum atomic E-state index is -0.302. The number of amides is 1.